The molecule has 0 aliphatic carbocycles. The zero-order valence-electron chi connectivity index (χ0n) is 13.6. The summed E-state index contributed by atoms with van der Waals surface area (Å²) in [4.78, 5) is 1.30. The molecule has 4 nitrogen and oxygen atoms in total. The second kappa shape index (κ2) is 5.36. The molecule has 0 bridgehead atoms. The number of phenolic OH excluding ortho intramolecular Hbond substituents is 1. The van der Waals surface area contributed by atoms with Gasteiger partial charge >= 0.3 is 0 Å². The number of nitrogens with one attached hydrogen (secondary N) is 2. The number of hydrogen-bond donors (Lipinski definition) is 3. The van der Waals surface area contributed by atoms with Crippen molar-refractivity contribution in [3.8, 4) is 11.5 Å². The molecule has 2 aromatic rings. The summed E-state index contributed by atoms with van der Waals surface area (Å²) in [5.41, 5.74) is 0.391. The van der Waals surface area contributed by atoms with Crippen LogP contribution in [0.1, 0.15) is 43.0 Å². The average Bonchev–Trinajstić information content (AvgIpc) is 2.97. The highest BCUT2D eigenvalue weighted by molar-refractivity contribution is 7.80. The lowest BCUT2D eigenvalue weighted by Gasteiger charge is -2.50. The van der Waals surface area contributed by atoms with E-state index in [9.17, 15) is 5.11 Å². The third-order valence-electron chi connectivity index (χ3n) is 4.62. The number of thiophene rings is 1. The first-order chi connectivity index (χ1) is 11.4. The first kappa shape index (κ1) is 15.7. The molecular weight excluding hydrogens is 340 g/mol. The minimum atomic E-state index is -0.568. The summed E-state index contributed by atoms with van der Waals surface area (Å²) in [5, 5.41) is 19.3. The quantitative estimate of drug-likeness (QED) is 0.677. The Morgan fingerprint density at radius 3 is 2.83 bits per heavy atom. The van der Waals surface area contributed by atoms with Gasteiger partial charge in [0.1, 0.15) is 11.5 Å². The summed E-state index contributed by atoms with van der Waals surface area (Å²) in [6.07, 6.45) is 1.58. The van der Waals surface area contributed by atoms with Crippen molar-refractivity contribution in [3.63, 3.8) is 0 Å². The molecule has 1 aromatic carbocycles. The van der Waals surface area contributed by atoms with E-state index in [4.69, 9.17) is 17.0 Å². The summed E-state index contributed by atoms with van der Waals surface area (Å²) >= 11 is 7.17. The Morgan fingerprint density at radius 1 is 1.29 bits per heavy atom. The molecule has 2 atom stereocenters. The van der Waals surface area contributed by atoms with E-state index < -0.39 is 5.72 Å². The number of aromatic hydroxyl groups is 1. The van der Waals surface area contributed by atoms with E-state index in [1.807, 2.05) is 6.07 Å². The van der Waals surface area contributed by atoms with E-state index >= 15 is 0 Å². The van der Waals surface area contributed by atoms with Crippen molar-refractivity contribution < 1.29 is 9.84 Å². The Labute approximate surface area is 150 Å². The third-order valence-corrected chi connectivity index (χ3v) is 5.81. The SMILES string of the molecule is CC1(C)C[C@@]2(C[C@H](c3cccs3)c3ccc(O)cc3O2)NC(=S)N1. The minimum absolute atomic E-state index is 0.156. The van der Waals surface area contributed by atoms with E-state index in [2.05, 4.69) is 42.0 Å². The Hall–Kier alpha value is -1.79. The van der Waals surface area contributed by atoms with Crippen LogP contribution in [0.3, 0.4) is 0 Å². The fourth-order valence-corrected chi connectivity index (χ4v) is 5.18. The van der Waals surface area contributed by atoms with Gasteiger partial charge in [0.05, 0.1) is 0 Å². The van der Waals surface area contributed by atoms with Gasteiger partial charge in [-0.1, -0.05) is 12.1 Å². The number of hydrogen-bond acceptors (Lipinski definition) is 4. The van der Waals surface area contributed by atoms with E-state index in [0.717, 1.165) is 24.2 Å². The van der Waals surface area contributed by atoms with Gasteiger partial charge in [0.25, 0.3) is 0 Å². The molecule has 0 radical (unpaired) electrons. The number of fused-ring (bicyclic) bond motifs is 1. The first-order valence-corrected chi connectivity index (χ1v) is 9.30. The smallest absolute Gasteiger partial charge is 0.185 e. The van der Waals surface area contributed by atoms with E-state index in [0.29, 0.717) is 5.11 Å². The van der Waals surface area contributed by atoms with Crippen molar-refractivity contribution in [2.24, 2.45) is 0 Å². The Morgan fingerprint density at radius 2 is 2.12 bits per heavy atom. The molecule has 3 N–H and O–H groups in total. The zero-order chi connectivity index (χ0) is 16.9. The zero-order valence-corrected chi connectivity index (χ0v) is 15.3. The van der Waals surface area contributed by atoms with Crippen LogP contribution in [0.15, 0.2) is 35.7 Å². The lowest BCUT2D eigenvalue weighted by Crippen LogP contribution is -2.69. The molecule has 0 unspecified atom stereocenters. The summed E-state index contributed by atoms with van der Waals surface area (Å²) in [6.45, 7) is 4.26. The lowest BCUT2D eigenvalue weighted by molar-refractivity contribution is -0.0125. The maximum atomic E-state index is 9.91. The fourth-order valence-electron chi connectivity index (χ4n) is 3.87. The number of benzene rings is 1. The summed E-state index contributed by atoms with van der Waals surface area (Å²) in [5.74, 6) is 1.16. The molecule has 2 aliphatic rings. The predicted molar refractivity (Wildman–Crippen MR) is 99.8 cm³/mol. The lowest BCUT2D eigenvalue weighted by atomic mass is 9.79. The fraction of sp³-hybridized carbons (Fsp3) is 0.389. The van der Waals surface area contributed by atoms with Crippen molar-refractivity contribution in [3.05, 3.63) is 46.2 Å². The minimum Gasteiger partial charge on any atom is -0.508 e. The van der Waals surface area contributed by atoms with Crippen LogP contribution in [0.5, 0.6) is 11.5 Å². The Bertz CT molecular complexity index is 788. The second-order valence-corrected chi connectivity index (χ2v) is 8.62. The van der Waals surface area contributed by atoms with Crippen LogP contribution < -0.4 is 15.4 Å². The molecule has 6 heteroatoms. The molecule has 4 rings (SSSR count). The average molecular weight is 361 g/mol. The third kappa shape index (κ3) is 2.74. The van der Waals surface area contributed by atoms with Gasteiger partial charge in [0, 0.05) is 40.8 Å². The van der Waals surface area contributed by atoms with Crippen LogP contribution in [-0.4, -0.2) is 21.5 Å². The van der Waals surface area contributed by atoms with E-state index in [-0.39, 0.29) is 17.2 Å². The van der Waals surface area contributed by atoms with Gasteiger partial charge in [-0.2, -0.15) is 0 Å². The van der Waals surface area contributed by atoms with Gasteiger partial charge in [0.2, 0.25) is 0 Å². The highest BCUT2D eigenvalue weighted by Crippen LogP contribution is 2.48. The van der Waals surface area contributed by atoms with Crippen LogP contribution in [0.25, 0.3) is 0 Å². The molecule has 0 saturated carbocycles. The molecule has 0 amide bonds. The van der Waals surface area contributed by atoms with Crippen molar-refractivity contribution in [1.29, 1.82) is 0 Å². The maximum Gasteiger partial charge on any atom is 0.185 e. The molecule has 2 aliphatic heterocycles. The van der Waals surface area contributed by atoms with E-state index in [1.54, 1.807) is 23.5 Å². The molecule has 3 heterocycles. The molecule has 1 saturated heterocycles. The largest absolute Gasteiger partial charge is 0.508 e. The van der Waals surface area contributed by atoms with Crippen LogP contribution in [-0.2, 0) is 0 Å². The van der Waals surface area contributed by atoms with Crippen LogP contribution >= 0.6 is 23.6 Å². The number of ether oxygens (including phenoxy) is 1. The normalized spacial score (nSPS) is 27.8. The van der Waals surface area contributed by atoms with E-state index in [1.165, 1.54) is 4.88 Å². The van der Waals surface area contributed by atoms with Crippen molar-refractivity contribution >= 4 is 28.7 Å². The van der Waals surface area contributed by atoms with Gasteiger partial charge in [-0.25, -0.2) is 0 Å². The molecule has 126 valence electrons. The summed E-state index contributed by atoms with van der Waals surface area (Å²) in [6, 6.07) is 9.64. The second-order valence-electron chi connectivity index (χ2n) is 7.23. The van der Waals surface area contributed by atoms with Crippen molar-refractivity contribution in [2.75, 3.05) is 0 Å². The number of phenols is 1. The summed E-state index contributed by atoms with van der Waals surface area (Å²) in [7, 11) is 0. The van der Waals surface area contributed by atoms with Gasteiger partial charge < -0.3 is 20.5 Å². The molecule has 1 fully saturated rings. The Kier molecular flexibility index (Phi) is 3.51. The molecule has 24 heavy (non-hydrogen) atoms. The maximum absolute atomic E-state index is 9.91. The molecule has 1 spiro atoms. The van der Waals surface area contributed by atoms with Gasteiger partial charge in [0.15, 0.2) is 10.8 Å². The topological polar surface area (TPSA) is 53.5 Å². The van der Waals surface area contributed by atoms with Crippen LogP contribution in [0.2, 0.25) is 0 Å². The molecular formula is C18H20N2O2S2. The van der Waals surface area contributed by atoms with Crippen molar-refractivity contribution in [2.45, 2.75) is 43.9 Å². The number of rotatable bonds is 1. The monoisotopic (exact) mass is 360 g/mol. The predicted octanol–water partition coefficient (Wildman–Crippen LogP) is 3.71. The number of thiocarbonyl (C=S) groups is 1. The van der Waals surface area contributed by atoms with Gasteiger partial charge in [-0.05, 0) is 43.6 Å². The summed E-state index contributed by atoms with van der Waals surface area (Å²) < 4.78 is 6.38. The van der Waals surface area contributed by atoms with Gasteiger partial charge in [-0.3, -0.25) is 0 Å². The van der Waals surface area contributed by atoms with Gasteiger partial charge in [-0.15, -0.1) is 11.3 Å². The highest BCUT2D eigenvalue weighted by atomic mass is 32.1. The van der Waals surface area contributed by atoms with Crippen LogP contribution in [0.4, 0.5) is 0 Å². The standard InChI is InChI=1S/C18H20N2O2S2/c1-17(2)10-18(20-16(23)19-17)9-13(15-4-3-7-24-15)12-6-5-11(21)8-14(12)22-18/h3-8,13,21H,9-10H2,1-2H3,(H2,19,20,23)/t13-,18-/m0/s1. The highest BCUT2D eigenvalue weighted by Gasteiger charge is 2.48. The van der Waals surface area contributed by atoms with Crippen LogP contribution in [0, 0.1) is 0 Å². The van der Waals surface area contributed by atoms with Crippen molar-refractivity contribution in [1.82, 2.24) is 10.6 Å². The Balaban J connectivity index is 1.81. The first-order valence-electron chi connectivity index (χ1n) is 8.02. The molecule has 1 aromatic heterocycles.